The third-order valence-electron chi connectivity index (χ3n) is 4.76. The van der Waals surface area contributed by atoms with Crippen LogP contribution in [0.4, 0.5) is 0 Å². The molecule has 0 aromatic carbocycles. The van der Waals surface area contributed by atoms with E-state index >= 15 is 0 Å². The summed E-state index contributed by atoms with van der Waals surface area (Å²) in [6, 6.07) is 0.435. The molecule has 120 valence electrons. The molecule has 6 heteroatoms. The molecular weight excluding hydrogens is 268 g/mol. The number of likely N-dealkylation sites (tertiary alicyclic amines) is 2. The van der Waals surface area contributed by atoms with Gasteiger partial charge in [-0.1, -0.05) is 6.42 Å². The Labute approximate surface area is 126 Å². The Bertz CT molecular complexity index is 373. The van der Waals surface area contributed by atoms with Crippen molar-refractivity contribution < 1.29 is 9.59 Å². The Kier molecular flexibility index (Phi) is 5.99. The molecule has 2 aliphatic heterocycles. The summed E-state index contributed by atoms with van der Waals surface area (Å²) in [5.74, 6) is -0.333. The van der Waals surface area contributed by atoms with E-state index in [1.807, 2.05) is 4.90 Å². The Hall–Kier alpha value is -1.14. The van der Waals surface area contributed by atoms with Crippen LogP contribution >= 0.6 is 0 Å². The molecule has 0 radical (unpaired) electrons. The van der Waals surface area contributed by atoms with Gasteiger partial charge in [-0.15, -0.1) is 0 Å². The van der Waals surface area contributed by atoms with E-state index in [1.54, 1.807) is 0 Å². The Balaban J connectivity index is 1.88. The van der Waals surface area contributed by atoms with Crippen molar-refractivity contribution in [2.24, 2.45) is 17.4 Å². The minimum atomic E-state index is -0.286. The van der Waals surface area contributed by atoms with Gasteiger partial charge < -0.3 is 16.4 Å². The summed E-state index contributed by atoms with van der Waals surface area (Å²) < 4.78 is 0. The van der Waals surface area contributed by atoms with Crippen molar-refractivity contribution in [3.05, 3.63) is 0 Å². The molecular formula is C15H28N4O2. The monoisotopic (exact) mass is 296 g/mol. The highest BCUT2D eigenvalue weighted by molar-refractivity contribution is 5.81. The predicted molar refractivity (Wildman–Crippen MR) is 81.4 cm³/mol. The molecule has 2 heterocycles. The zero-order valence-corrected chi connectivity index (χ0v) is 12.8. The van der Waals surface area contributed by atoms with E-state index in [0.29, 0.717) is 25.7 Å². The molecule has 0 spiro atoms. The fourth-order valence-corrected chi connectivity index (χ4v) is 3.50. The van der Waals surface area contributed by atoms with E-state index < -0.39 is 0 Å². The molecule has 2 atom stereocenters. The second kappa shape index (κ2) is 7.75. The van der Waals surface area contributed by atoms with E-state index in [4.69, 9.17) is 11.5 Å². The average molecular weight is 296 g/mol. The molecule has 2 unspecified atom stereocenters. The molecule has 0 saturated carbocycles. The molecule has 2 amide bonds. The SMILES string of the molecule is NCCC1CCCCN1CC(=O)N1CCCC(C(N)=O)C1. The van der Waals surface area contributed by atoms with Gasteiger partial charge in [0.25, 0.3) is 0 Å². The Morgan fingerprint density at radius 1 is 1.10 bits per heavy atom. The number of rotatable bonds is 5. The van der Waals surface area contributed by atoms with E-state index in [0.717, 1.165) is 45.2 Å². The van der Waals surface area contributed by atoms with Crippen LogP contribution in [0.2, 0.25) is 0 Å². The number of nitrogens with two attached hydrogens (primary N) is 2. The van der Waals surface area contributed by atoms with Gasteiger partial charge in [0.15, 0.2) is 0 Å². The summed E-state index contributed by atoms with van der Waals surface area (Å²) in [5, 5.41) is 0. The Morgan fingerprint density at radius 3 is 2.62 bits per heavy atom. The van der Waals surface area contributed by atoms with Crippen molar-refractivity contribution in [3.8, 4) is 0 Å². The lowest BCUT2D eigenvalue weighted by Crippen LogP contribution is -2.50. The van der Waals surface area contributed by atoms with Crippen molar-refractivity contribution >= 4 is 11.8 Å². The van der Waals surface area contributed by atoms with Crippen molar-refractivity contribution in [2.75, 3.05) is 32.7 Å². The van der Waals surface area contributed by atoms with Crippen LogP contribution in [0, 0.1) is 5.92 Å². The summed E-state index contributed by atoms with van der Waals surface area (Å²) in [4.78, 5) is 27.9. The maximum atomic E-state index is 12.5. The molecule has 0 bridgehead atoms. The minimum Gasteiger partial charge on any atom is -0.369 e. The van der Waals surface area contributed by atoms with Crippen molar-refractivity contribution in [1.29, 1.82) is 0 Å². The normalized spacial score (nSPS) is 27.6. The molecule has 0 aliphatic carbocycles. The first kappa shape index (κ1) is 16.2. The first-order valence-electron chi connectivity index (χ1n) is 8.13. The molecule has 0 aromatic rings. The van der Waals surface area contributed by atoms with Gasteiger partial charge in [0.2, 0.25) is 11.8 Å². The van der Waals surface area contributed by atoms with E-state index in [9.17, 15) is 9.59 Å². The summed E-state index contributed by atoms with van der Waals surface area (Å²) in [6.45, 7) is 3.34. The lowest BCUT2D eigenvalue weighted by Gasteiger charge is -2.38. The van der Waals surface area contributed by atoms with Gasteiger partial charge in [-0.05, 0) is 45.2 Å². The molecule has 6 nitrogen and oxygen atoms in total. The topological polar surface area (TPSA) is 92.7 Å². The van der Waals surface area contributed by atoms with Gasteiger partial charge in [-0.2, -0.15) is 0 Å². The Morgan fingerprint density at radius 2 is 1.90 bits per heavy atom. The number of piperidine rings is 2. The van der Waals surface area contributed by atoms with E-state index in [-0.39, 0.29) is 17.7 Å². The first-order chi connectivity index (χ1) is 10.1. The van der Waals surface area contributed by atoms with Crippen LogP contribution in [0.25, 0.3) is 0 Å². The van der Waals surface area contributed by atoms with Crippen molar-refractivity contribution in [1.82, 2.24) is 9.80 Å². The number of hydrogen-bond donors (Lipinski definition) is 2. The van der Waals surface area contributed by atoms with Crippen LogP contribution in [0.1, 0.15) is 38.5 Å². The lowest BCUT2D eigenvalue weighted by atomic mass is 9.97. The van der Waals surface area contributed by atoms with Gasteiger partial charge >= 0.3 is 0 Å². The second-order valence-corrected chi connectivity index (χ2v) is 6.28. The van der Waals surface area contributed by atoms with Crippen LogP contribution in [-0.4, -0.2) is 60.4 Å². The summed E-state index contributed by atoms with van der Waals surface area (Å²) in [6.07, 6.45) is 6.14. The lowest BCUT2D eigenvalue weighted by molar-refractivity contribution is -0.136. The molecule has 21 heavy (non-hydrogen) atoms. The molecule has 2 fully saturated rings. The number of hydrogen-bond acceptors (Lipinski definition) is 4. The quantitative estimate of drug-likeness (QED) is 0.742. The van der Waals surface area contributed by atoms with Crippen molar-refractivity contribution in [3.63, 3.8) is 0 Å². The fraction of sp³-hybridized carbons (Fsp3) is 0.867. The fourth-order valence-electron chi connectivity index (χ4n) is 3.50. The molecule has 2 saturated heterocycles. The highest BCUT2D eigenvalue weighted by Gasteiger charge is 2.30. The molecule has 2 rings (SSSR count). The molecule has 0 aromatic heterocycles. The van der Waals surface area contributed by atoms with Crippen LogP contribution < -0.4 is 11.5 Å². The maximum Gasteiger partial charge on any atom is 0.236 e. The maximum absolute atomic E-state index is 12.5. The predicted octanol–water partition coefficient (Wildman–Crippen LogP) is -0.0864. The van der Waals surface area contributed by atoms with Gasteiger partial charge in [0.1, 0.15) is 0 Å². The van der Waals surface area contributed by atoms with Crippen molar-refractivity contribution in [2.45, 2.75) is 44.6 Å². The zero-order chi connectivity index (χ0) is 15.2. The van der Waals surface area contributed by atoms with Crippen LogP contribution in [0.3, 0.4) is 0 Å². The van der Waals surface area contributed by atoms with Crippen LogP contribution in [-0.2, 0) is 9.59 Å². The smallest absolute Gasteiger partial charge is 0.236 e. The molecule has 2 aliphatic rings. The minimum absolute atomic E-state index is 0.130. The standard InChI is InChI=1S/C15H28N4O2/c16-7-6-13-5-1-2-8-18(13)11-14(20)19-9-3-4-12(10-19)15(17)21/h12-13H,1-11,16H2,(H2,17,21). The van der Waals surface area contributed by atoms with E-state index in [1.165, 1.54) is 6.42 Å². The van der Waals surface area contributed by atoms with Gasteiger partial charge in [-0.3, -0.25) is 14.5 Å². The van der Waals surface area contributed by atoms with Crippen LogP contribution in [0.5, 0.6) is 0 Å². The number of carbonyl (C=O) groups is 2. The first-order valence-corrected chi connectivity index (χ1v) is 8.13. The van der Waals surface area contributed by atoms with Gasteiger partial charge in [-0.25, -0.2) is 0 Å². The summed E-state index contributed by atoms with van der Waals surface area (Å²) in [5.41, 5.74) is 11.0. The summed E-state index contributed by atoms with van der Waals surface area (Å²) >= 11 is 0. The van der Waals surface area contributed by atoms with E-state index in [2.05, 4.69) is 4.90 Å². The average Bonchev–Trinajstić information content (AvgIpc) is 2.49. The number of carbonyl (C=O) groups excluding carboxylic acids is 2. The number of primary amides is 1. The third kappa shape index (κ3) is 4.41. The largest absolute Gasteiger partial charge is 0.369 e. The number of nitrogens with zero attached hydrogens (tertiary/aromatic N) is 2. The van der Waals surface area contributed by atoms with Crippen LogP contribution in [0.15, 0.2) is 0 Å². The summed E-state index contributed by atoms with van der Waals surface area (Å²) in [7, 11) is 0. The zero-order valence-electron chi connectivity index (χ0n) is 12.8. The second-order valence-electron chi connectivity index (χ2n) is 6.28. The third-order valence-corrected chi connectivity index (χ3v) is 4.76. The highest BCUT2D eigenvalue weighted by atomic mass is 16.2. The van der Waals surface area contributed by atoms with Gasteiger partial charge in [0, 0.05) is 19.1 Å². The number of amides is 2. The highest BCUT2D eigenvalue weighted by Crippen LogP contribution is 2.21. The molecule has 4 N–H and O–H groups in total. The van der Waals surface area contributed by atoms with Gasteiger partial charge in [0.05, 0.1) is 12.5 Å².